The molecule has 4 rings (SSSR count). The summed E-state index contributed by atoms with van der Waals surface area (Å²) in [5.41, 5.74) is 3.04. The predicted molar refractivity (Wildman–Crippen MR) is 122 cm³/mol. The quantitative estimate of drug-likeness (QED) is 0.292. The zero-order valence-corrected chi connectivity index (χ0v) is 16.7. The monoisotopic (exact) mass is 428 g/mol. The van der Waals surface area contributed by atoms with E-state index in [2.05, 4.69) is 10.3 Å². The number of carbonyl (C=O) groups is 1. The Morgan fingerprint density at radius 2 is 1.62 bits per heavy atom. The summed E-state index contributed by atoms with van der Waals surface area (Å²) in [6.07, 6.45) is 0. The number of fused-ring (bicyclic) bond motifs is 1. The van der Waals surface area contributed by atoms with Crippen molar-refractivity contribution in [2.24, 2.45) is 0 Å². The van der Waals surface area contributed by atoms with Gasteiger partial charge in [-0.15, -0.1) is 0 Å². The third-order valence-corrected chi connectivity index (χ3v) is 4.80. The van der Waals surface area contributed by atoms with E-state index in [-0.39, 0.29) is 11.7 Å². The van der Waals surface area contributed by atoms with E-state index in [4.69, 9.17) is 14.7 Å². The van der Waals surface area contributed by atoms with E-state index in [1.54, 1.807) is 54.6 Å². The molecular formula is C22H18B2N2O6. The molecule has 8 nitrogen and oxygen atoms in total. The Kier molecular flexibility index (Phi) is 6.20. The first kappa shape index (κ1) is 21.5. The molecule has 0 saturated heterocycles. The molecule has 0 bridgehead atoms. The lowest BCUT2D eigenvalue weighted by Gasteiger charge is -2.12. The molecule has 4 aromatic rings. The van der Waals surface area contributed by atoms with Crippen LogP contribution in [0, 0.1) is 0 Å². The summed E-state index contributed by atoms with van der Waals surface area (Å²) >= 11 is 0. The predicted octanol–water partition coefficient (Wildman–Crippen LogP) is 1.18. The molecule has 10 heteroatoms. The number of rotatable bonds is 6. The van der Waals surface area contributed by atoms with Crippen LogP contribution >= 0.6 is 0 Å². The second-order valence-electron chi connectivity index (χ2n) is 6.99. The van der Waals surface area contributed by atoms with Crippen molar-refractivity contribution in [3.05, 3.63) is 84.4 Å². The number of anilines is 1. The Hall–Kier alpha value is -3.69. The SMILES string of the molecule is O=C(Nc1cccc(OB(O)O)c1)c1cc(-c2ccc(B(O)O)cc2)nc2ccccc12. The molecule has 0 fully saturated rings. The first-order valence-corrected chi connectivity index (χ1v) is 9.71. The van der Waals surface area contributed by atoms with E-state index < -0.39 is 14.4 Å². The van der Waals surface area contributed by atoms with E-state index in [1.807, 2.05) is 12.1 Å². The van der Waals surface area contributed by atoms with Crippen molar-refractivity contribution in [3.63, 3.8) is 0 Å². The maximum atomic E-state index is 13.1. The number of hydrogen-bond acceptors (Lipinski definition) is 7. The molecule has 0 aliphatic rings. The van der Waals surface area contributed by atoms with Gasteiger partial charge >= 0.3 is 14.4 Å². The smallest absolute Gasteiger partial charge is 0.512 e. The highest BCUT2D eigenvalue weighted by atomic mass is 16.6. The highest BCUT2D eigenvalue weighted by molar-refractivity contribution is 6.58. The van der Waals surface area contributed by atoms with Crippen molar-refractivity contribution in [2.45, 2.75) is 0 Å². The fraction of sp³-hybridized carbons (Fsp3) is 0. The fourth-order valence-electron chi connectivity index (χ4n) is 3.30. The number of pyridine rings is 1. The standard InChI is InChI=1S/C22H18B2N2O6/c27-22(25-16-4-3-5-17(12-16)32-24(30)31)19-13-21(26-20-7-2-1-6-18(19)20)14-8-10-15(11-9-14)23(28)29/h1-13,28-31H,(H,25,27). The average Bonchev–Trinajstić information content (AvgIpc) is 2.78. The molecule has 32 heavy (non-hydrogen) atoms. The van der Waals surface area contributed by atoms with E-state index >= 15 is 0 Å². The van der Waals surface area contributed by atoms with Crippen LogP contribution in [0.1, 0.15) is 10.4 Å². The van der Waals surface area contributed by atoms with Crippen LogP contribution in [0.25, 0.3) is 22.2 Å². The van der Waals surface area contributed by atoms with Gasteiger partial charge in [-0.1, -0.05) is 48.5 Å². The molecule has 0 aliphatic heterocycles. The minimum atomic E-state index is -1.97. The molecule has 3 aromatic carbocycles. The Morgan fingerprint density at radius 3 is 2.34 bits per heavy atom. The number of benzene rings is 3. The molecule has 0 radical (unpaired) electrons. The number of hydrogen-bond donors (Lipinski definition) is 5. The fourth-order valence-corrected chi connectivity index (χ4v) is 3.30. The number of para-hydroxylation sites is 1. The Labute approximate surface area is 184 Å². The van der Waals surface area contributed by atoms with E-state index in [1.165, 1.54) is 12.1 Å². The Morgan fingerprint density at radius 1 is 0.875 bits per heavy atom. The number of nitrogens with zero attached hydrogens (tertiary/aromatic N) is 1. The van der Waals surface area contributed by atoms with Crippen LogP contribution in [0.4, 0.5) is 5.69 Å². The van der Waals surface area contributed by atoms with Gasteiger partial charge in [0.25, 0.3) is 5.91 Å². The van der Waals surface area contributed by atoms with Crippen LogP contribution in [-0.2, 0) is 0 Å². The van der Waals surface area contributed by atoms with Crippen LogP contribution in [0.2, 0.25) is 0 Å². The number of aromatic nitrogens is 1. The zero-order chi connectivity index (χ0) is 22.7. The van der Waals surface area contributed by atoms with Gasteiger partial charge in [-0.05, 0) is 29.7 Å². The van der Waals surface area contributed by atoms with Crippen LogP contribution in [-0.4, -0.2) is 45.4 Å². The van der Waals surface area contributed by atoms with Crippen molar-refractivity contribution >= 4 is 42.4 Å². The lowest BCUT2D eigenvalue weighted by atomic mass is 9.80. The minimum Gasteiger partial charge on any atom is -0.512 e. The van der Waals surface area contributed by atoms with Gasteiger partial charge in [0.1, 0.15) is 5.75 Å². The molecule has 0 unspecified atom stereocenters. The third kappa shape index (κ3) is 4.79. The lowest BCUT2D eigenvalue weighted by molar-refractivity contribution is 0.102. The Balaban J connectivity index is 1.70. The van der Waals surface area contributed by atoms with Gasteiger partial charge in [-0.2, -0.15) is 0 Å². The van der Waals surface area contributed by atoms with Gasteiger partial charge < -0.3 is 30.1 Å². The maximum Gasteiger partial charge on any atom is 0.707 e. The summed E-state index contributed by atoms with van der Waals surface area (Å²) in [4.78, 5) is 17.8. The second-order valence-corrected chi connectivity index (χ2v) is 6.99. The first-order chi connectivity index (χ1) is 15.4. The minimum absolute atomic E-state index is 0.184. The van der Waals surface area contributed by atoms with Crippen molar-refractivity contribution in [3.8, 4) is 17.0 Å². The second kappa shape index (κ2) is 9.21. The molecule has 0 spiro atoms. The third-order valence-electron chi connectivity index (χ3n) is 4.80. The highest BCUT2D eigenvalue weighted by Gasteiger charge is 2.16. The van der Waals surface area contributed by atoms with E-state index in [0.29, 0.717) is 38.9 Å². The van der Waals surface area contributed by atoms with Crippen LogP contribution in [0.3, 0.4) is 0 Å². The normalized spacial score (nSPS) is 10.6. The van der Waals surface area contributed by atoms with E-state index in [9.17, 15) is 14.8 Å². The topological polar surface area (TPSA) is 132 Å². The molecule has 0 saturated carbocycles. The average molecular weight is 428 g/mol. The summed E-state index contributed by atoms with van der Waals surface area (Å²) in [6.45, 7) is 0. The van der Waals surface area contributed by atoms with Gasteiger partial charge in [0.15, 0.2) is 0 Å². The van der Waals surface area contributed by atoms with Crippen LogP contribution in [0.5, 0.6) is 5.75 Å². The zero-order valence-electron chi connectivity index (χ0n) is 16.7. The maximum absolute atomic E-state index is 13.1. The number of amides is 1. The molecule has 1 amide bonds. The molecule has 158 valence electrons. The van der Waals surface area contributed by atoms with Gasteiger partial charge in [0.2, 0.25) is 0 Å². The van der Waals surface area contributed by atoms with Crippen molar-refractivity contribution in [1.29, 1.82) is 0 Å². The van der Waals surface area contributed by atoms with E-state index in [0.717, 1.165) is 0 Å². The van der Waals surface area contributed by atoms with Crippen LogP contribution in [0.15, 0.2) is 78.9 Å². The number of nitrogens with one attached hydrogen (secondary N) is 1. The molecule has 5 N–H and O–H groups in total. The summed E-state index contributed by atoms with van der Waals surface area (Å²) in [7, 11) is -3.53. The van der Waals surface area contributed by atoms with Gasteiger partial charge in [0, 0.05) is 22.7 Å². The molecule has 1 aromatic heterocycles. The molecule has 1 heterocycles. The van der Waals surface area contributed by atoms with Gasteiger partial charge in [-0.3, -0.25) is 4.79 Å². The van der Waals surface area contributed by atoms with Crippen LogP contribution < -0.4 is 15.4 Å². The molecule has 0 aliphatic carbocycles. The van der Waals surface area contributed by atoms with Crippen molar-refractivity contribution < 1.29 is 29.5 Å². The van der Waals surface area contributed by atoms with Crippen molar-refractivity contribution in [1.82, 2.24) is 4.98 Å². The van der Waals surface area contributed by atoms with Gasteiger partial charge in [0.05, 0.1) is 16.8 Å². The largest absolute Gasteiger partial charge is 0.707 e. The molecular weight excluding hydrogens is 410 g/mol. The first-order valence-electron chi connectivity index (χ1n) is 9.71. The summed E-state index contributed by atoms with van der Waals surface area (Å²) in [6, 6.07) is 21.7. The highest BCUT2D eigenvalue weighted by Crippen LogP contribution is 2.26. The molecule has 0 atom stereocenters. The summed E-state index contributed by atoms with van der Waals surface area (Å²) in [5.74, 6) is -0.196. The Bertz CT molecular complexity index is 1260. The number of carbonyl (C=O) groups excluding carboxylic acids is 1. The van der Waals surface area contributed by atoms with Gasteiger partial charge in [-0.25, -0.2) is 4.98 Å². The lowest BCUT2D eigenvalue weighted by Crippen LogP contribution is -2.29. The summed E-state index contributed by atoms with van der Waals surface area (Å²) in [5, 5.41) is 40.0. The summed E-state index contributed by atoms with van der Waals surface area (Å²) < 4.78 is 4.83. The van der Waals surface area contributed by atoms with Crippen molar-refractivity contribution in [2.75, 3.05) is 5.32 Å².